The molecule has 0 aromatic carbocycles. The van der Waals surface area contributed by atoms with Gasteiger partial charge in [-0.25, -0.2) is 0 Å². The Morgan fingerprint density at radius 1 is 1.40 bits per heavy atom. The summed E-state index contributed by atoms with van der Waals surface area (Å²) in [5.74, 6) is -0.0474. The lowest BCUT2D eigenvalue weighted by Gasteiger charge is -2.24. The van der Waals surface area contributed by atoms with E-state index in [0.29, 0.717) is 6.42 Å². The van der Waals surface area contributed by atoms with Crippen LogP contribution in [0.15, 0.2) is 0 Å². The van der Waals surface area contributed by atoms with E-state index in [1.165, 1.54) is 7.11 Å². The molecule has 1 rings (SSSR count). The predicted molar refractivity (Wildman–Crippen MR) is 80.5 cm³/mol. The van der Waals surface area contributed by atoms with Crippen molar-refractivity contribution in [3.8, 4) is 0 Å². The van der Waals surface area contributed by atoms with Gasteiger partial charge in [-0.05, 0) is 24.7 Å². The molecule has 0 aromatic rings. The Morgan fingerprint density at radius 3 is 2.40 bits per heavy atom. The molecule has 1 saturated heterocycles. The minimum Gasteiger partial charge on any atom is -0.469 e. The monoisotopic (exact) mass is 348 g/mol. The third-order valence-corrected chi connectivity index (χ3v) is 5.02. The lowest BCUT2D eigenvalue weighted by atomic mass is 9.87. The van der Waals surface area contributed by atoms with Crippen molar-refractivity contribution in [3.63, 3.8) is 0 Å². The summed E-state index contributed by atoms with van der Waals surface area (Å²) >= 11 is 3.59. The summed E-state index contributed by atoms with van der Waals surface area (Å²) in [6.45, 7) is 8.06. The first kappa shape index (κ1) is 17.5. The van der Waals surface area contributed by atoms with Gasteiger partial charge in [0.15, 0.2) is 0 Å². The maximum atomic E-state index is 11.8. The van der Waals surface area contributed by atoms with Crippen molar-refractivity contribution in [2.75, 3.05) is 7.11 Å². The van der Waals surface area contributed by atoms with E-state index in [0.717, 1.165) is 6.42 Å². The van der Waals surface area contributed by atoms with Crippen LogP contribution in [0.25, 0.3) is 0 Å². The van der Waals surface area contributed by atoms with Crippen LogP contribution >= 0.6 is 15.9 Å². The van der Waals surface area contributed by atoms with Crippen LogP contribution < -0.4 is 0 Å². The molecule has 0 spiro atoms. The first-order valence-corrected chi connectivity index (χ1v) is 8.11. The molecule has 2 unspecified atom stereocenters. The molecule has 0 aromatic heterocycles. The summed E-state index contributed by atoms with van der Waals surface area (Å²) in [4.78, 5) is 23.6. The standard InChI is InChI=1S/C15H25BrO4/c1-8(2)10(14(17)19-5)6-12(16)13-7-11(9(3)4)15(18)20-13/h8-13H,6-7H2,1-5H3/t10-,11?,12?,13-/m0/s1. The smallest absolute Gasteiger partial charge is 0.309 e. The van der Waals surface area contributed by atoms with Crippen LogP contribution in [0.4, 0.5) is 0 Å². The predicted octanol–water partition coefficient (Wildman–Crippen LogP) is 3.17. The second-order valence-corrected chi connectivity index (χ2v) is 7.36. The quantitative estimate of drug-likeness (QED) is 0.546. The molecule has 1 heterocycles. The molecule has 1 aliphatic heterocycles. The van der Waals surface area contributed by atoms with E-state index < -0.39 is 0 Å². The molecule has 0 radical (unpaired) electrons. The number of halogens is 1. The summed E-state index contributed by atoms with van der Waals surface area (Å²) in [6.07, 6.45) is 1.19. The number of cyclic esters (lactones) is 1. The van der Waals surface area contributed by atoms with E-state index in [1.807, 2.05) is 27.7 Å². The Balaban J connectivity index is 2.64. The van der Waals surface area contributed by atoms with Gasteiger partial charge in [-0.2, -0.15) is 0 Å². The molecule has 1 aliphatic rings. The minimum atomic E-state index is -0.200. The number of esters is 2. The molecule has 0 aliphatic carbocycles. The third kappa shape index (κ3) is 4.21. The fourth-order valence-corrected chi connectivity index (χ4v) is 3.31. The van der Waals surface area contributed by atoms with Crippen molar-refractivity contribution >= 4 is 27.9 Å². The number of hydrogen-bond donors (Lipinski definition) is 0. The van der Waals surface area contributed by atoms with Crippen molar-refractivity contribution in [1.82, 2.24) is 0 Å². The van der Waals surface area contributed by atoms with Crippen LogP contribution in [0.1, 0.15) is 40.5 Å². The van der Waals surface area contributed by atoms with Crippen LogP contribution in [-0.2, 0) is 19.1 Å². The van der Waals surface area contributed by atoms with Crippen LogP contribution in [-0.4, -0.2) is 30.0 Å². The summed E-state index contributed by atoms with van der Waals surface area (Å²) < 4.78 is 10.3. The molecule has 1 fully saturated rings. The summed E-state index contributed by atoms with van der Waals surface area (Å²) in [5, 5.41) is 0. The van der Waals surface area contributed by atoms with Crippen molar-refractivity contribution in [1.29, 1.82) is 0 Å². The molecule has 4 atom stereocenters. The highest BCUT2D eigenvalue weighted by molar-refractivity contribution is 9.09. The Labute approximate surface area is 129 Å². The number of ether oxygens (including phenoxy) is 2. The van der Waals surface area contributed by atoms with Gasteiger partial charge in [0.2, 0.25) is 0 Å². The van der Waals surface area contributed by atoms with Gasteiger partial charge < -0.3 is 9.47 Å². The average molecular weight is 349 g/mol. The Kier molecular flexibility index (Phi) is 6.49. The SMILES string of the molecule is COC(=O)[C@@H](CC(Br)[C@@H]1CC(C(C)C)C(=O)O1)C(C)C. The van der Waals surface area contributed by atoms with Crippen LogP contribution in [0.3, 0.4) is 0 Å². The van der Waals surface area contributed by atoms with Crippen molar-refractivity contribution in [2.45, 2.75) is 51.5 Å². The zero-order valence-electron chi connectivity index (χ0n) is 12.9. The van der Waals surface area contributed by atoms with Crippen LogP contribution in [0.2, 0.25) is 0 Å². The molecule has 0 bridgehead atoms. The van der Waals surface area contributed by atoms with Gasteiger partial charge in [0.1, 0.15) is 6.10 Å². The van der Waals surface area contributed by atoms with Crippen molar-refractivity contribution in [2.24, 2.45) is 23.7 Å². The van der Waals surface area contributed by atoms with Gasteiger partial charge in [0.25, 0.3) is 0 Å². The topological polar surface area (TPSA) is 52.6 Å². The highest BCUT2D eigenvalue weighted by Crippen LogP contribution is 2.35. The highest BCUT2D eigenvalue weighted by atomic mass is 79.9. The molecule has 116 valence electrons. The van der Waals surface area contributed by atoms with E-state index in [1.54, 1.807) is 0 Å². The largest absolute Gasteiger partial charge is 0.469 e. The zero-order chi connectivity index (χ0) is 15.4. The molecule has 5 heteroatoms. The van der Waals surface area contributed by atoms with Gasteiger partial charge in [-0.15, -0.1) is 0 Å². The lowest BCUT2D eigenvalue weighted by molar-refractivity contribution is -0.147. The molecule has 0 N–H and O–H groups in total. The van der Waals surface area contributed by atoms with Gasteiger partial charge in [-0.1, -0.05) is 43.6 Å². The molecule has 0 saturated carbocycles. The summed E-state index contributed by atoms with van der Waals surface area (Å²) in [7, 11) is 1.41. The van der Waals surface area contributed by atoms with Crippen LogP contribution in [0, 0.1) is 23.7 Å². The van der Waals surface area contributed by atoms with E-state index in [4.69, 9.17) is 9.47 Å². The number of carbonyl (C=O) groups is 2. The fourth-order valence-electron chi connectivity index (χ4n) is 2.58. The number of hydrogen-bond acceptors (Lipinski definition) is 4. The Morgan fingerprint density at radius 2 is 2.00 bits per heavy atom. The number of carbonyl (C=O) groups excluding carboxylic acids is 2. The number of rotatable bonds is 6. The van der Waals surface area contributed by atoms with E-state index in [9.17, 15) is 9.59 Å². The first-order valence-electron chi connectivity index (χ1n) is 7.20. The molecule has 0 amide bonds. The highest BCUT2D eigenvalue weighted by Gasteiger charge is 2.41. The maximum Gasteiger partial charge on any atom is 0.309 e. The summed E-state index contributed by atoms with van der Waals surface area (Å²) in [6, 6.07) is 0. The van der Waals surface area contributed by atoms with Gasteiger partial charge >= 0.3 is 11.9 Å². The van der Waals surface area contributed by atoms with Crippen molar-refractivity contribution < 1.29 is 19.1 Å². The Hall–Kier alpha value is -0.580. The van der Waals surface area contributed by atoms with E-state index in [-0.39, 0.29) is 46.5 Å². The van der Waals surface area contributed by atoms with Gasteiger partial charge in [-0.3, -0.25) is 9.59 Å². The van der Waals surface area contributed by atoms with Crippen LogP contribution in [0.5, 0.6) is 0 Å². The molecule has 20 heavy (non-hydrogen) atoms. The normalized spacial score (nSPS) is 25.7. The average Bonchev–Trinajstić information content (AvgIpc) is 2.76. The minimum absolute atomic E-state index is 0.0123. The zero-order valence-corrected chi connectivity index (χ0v) is 14.5. The number of methoxy groups -OCH3 is 1. The maximum absolute atomic E-state index is 11.8. The van der Waals surface area contributed by atoms with Gasteiger partial charge in [0.05, 0.1) is 23.8 Å². The molecule has 4 nitrogen and oxygen atoms in total. The van der Waals surface area contributed by atoms with E-state index >= 15 is 0 Å². The second kappa shape index (κ2) is 7.43. The summed E-state index contributed by atoms with van der Waals surface area (Å²) in [5.41, 5.74) is 0. The van der Waals surface area contributed by atoms with Gasteiger partial charge in [0, 0.05) is 0 Å². The molecular weight excluding hydrogens is 324 g/mol. The number of alkyl halides is 1. The molecular formula is C15H25BrO4. The Bertz CT molecular complexity index is 354. The first-order chi connectivity index (χ1) is 9.27. The lowest BCUT2D eigenvalue weighted by Crippen LogP contribution is -2.30. The second-order valence-electron chi connectivity index (χ2n) is 6.19. The van der Waals surface area contributed by atoms with Crippen molar-refractivity contribution in [3.05, 3.63) is 0 Å². The third-order valence-electron chi connectivity index (χ3n) is 4.05. The fraction of sp³-hybridized carbons (Fsp3) is 0.867. The van der Waals surface area contributed by atoms with E-state index in [2.05, 4.69) is 15.9 Å².